The lowest BCUT2D eigenvalue weighted by atomic mass is 9.98. The highest BCUT2D eigenvalue weighted by molar-refractivity contribution is 5.40. The average Bonchev–Trinajstić information content (AvgIpc) is 2.70. The second-order valence-corrected chi connectivity index (χ2v) is 7.08. The second kappa shape index (κ2) is 7.79. The van der Waals surface area contributed by atoms with E-state index < -0.39 is 0 Å². The van der Waals surface area contributed by atoms with Gasteiger partial charge in [-0.1, -0.05) is 66.2 Å². The quantitative estimate of drug-likeness (QED) is 0.574. The molecule has 0 aliphatic rings. The number of benzene rings is 2. The molecule has 0 bridgehead atoms. The van der Waals surface area contributed by atoms with Crippen LogP contribution >= 0.6 is 0 Å². The van der Waals surface area contributed by atoms with Gasteiger partial charge in [0, 0.05) is 18.3 Å². The third-order valence-corrected chi connectivity index (χ3v) is 4.96. The van der Waals surface area contributed by atoms with Crippen molar-refractivity contribution in [2.24, 2.45) is 0 Å². The summed E-state index contributed by atoms with van der Waals surface area (Å²) >= 11 is 0. The van der Waals surface area contributed by atoms with Gasteiger partial charge in [0.1, 0.15) is 5.65 Å². The summed E-state index contributed by atoms with van der Waals surface area (Å²) in [6.45, 7) is 4.51. The molecule has 4 heteroatoms. The molecule has 0 saturated carbocycles. The summed E-state index contributed by atoms with van der Waals surface area (Å²) < 4.78 is 1.64. The van der Waals surface area contributed by atoms with E-state index >= 15 is 0 Å². The van der Waals surface area contributed by atoms with Gasteiger partial charge < -0.3 is 5.32 Å². The Morgan fingerprint density at radius 2 is 1.61 bits per heavy atom. The standard InChI is InChI=1S/C24H23N3O/c1-17-11-13-20(14-12-17)24(19-8-4-3-5-9-19)25-16-21-15-23(28)27-18(2)7-6-10-22(27)26-21/h3-15,24-25H,16H2,1-2H3/t24-/m1/s1. The van der Waals surface area contributed by atoms with Crippen molar-refractivity contribution < 1.29 is 0 Å². The molecule has 2 aromatic heterocycles. The Balaban J connectivity index is 1.66. The molecule has 1 atom stereocenters. The SMILES string of the molecule is Cc1ccc([C@H](NCc2cc(=O)n3c(C)cccc3n2)c2ccccc2)cc1. The van der Waals surface area contributed by atoms with Crippen LogP contribution in [0.1, 0.15) is 34.1 Å². The summed E-state index contributed by atoms with van der Waals surface area (Å²) in [5.41, 5.74) is 5.85. The molecule has 2 heterocycles. The van der Waals surface area contributed by atoms with Gasteiger partial charge in [-0.25, -0.2) is 4.98 Å². The predicted octanol–water partition coefficient (Wildman–Crippen LogP) is 4.19. The van der Waals surface area contributed by atoms with Gasteiger partial charge in [-0.2, -0.15) is 0 Å². The lowest BCUT2D eigenvalue weighted by molar-refractivity contribution is 0.596. The summed E-state index contributed by atoms with van der Waals surface area (Å²) in [4.78, 5) is 17.2. The fourth-order valence-corrected chi connectivity index (χ4v) is 3.49. The van der Waals surface area contributed by atoms with E-state index in [9.17, 15) is 4.79 Å². The first kappa shape index (κ1) is 18.1. The summed E-state index contributed by atoms with van der Waals surface area (Å²) in [5.74, 6) is 0. The van der Waals surface area contributed by atoms with Crippen LogP contribution in [0.25, 0.3) is 5.65 Å². The summed E-state index contributed by atoms with van der Waals surface area (Å²) in [6, 6.07) is 26.2. The Hall–Kier alpha value is -3.24. The first-order chi connectivity index (χ1) is 13.6. The number of hydrogen-bond acceptors (Lipinski definition) is 3. The van der Waals surface area contributed by atoms with Crippen LogP contribution in [0.4, 0.5) is 0 Å². The zero-order valence-corrected chi connectivity index (χ0v) is 16.1. The molecule has 0 unspecified atom stereocenters. The van der Waals surface area contributed by atoms with Crippen LogP contribution in [0.3, 0.4) is 0 Å². The normalized spacial score (nSPS) is 12.2. The molecule has 4 rings (SSSR count). The van der Waals surface area contributed by atoms with Gasteiger partial charge >= 0.3 is 0 Å². The Labute approximate surface area is 164 Å². The number of nitrogens with one attached hydrogen (secondary N) is 1. The maximum atomic E-state index is 12.5. The Morgan fingerprint density at radius 3 is 2.36 bits per heavy atom. The molecule has 4 aromatic rings. The number of aryl methyl sites for hydroxylation is 2. The number of fused-ring (bicyclic) bond motifs is 1. The van der Waals surface area contributed by atoms with E-state index in [1.165, 1.54) is 16.7 Å². The topological polar surface area (TPSA) is 46.4 Å². The van der Waals surface area contributed by atoms with E-state index in [4.69, 9.17) is 0 Å². The van der Waals surface area contributed by atoms with Crippen molar-refractivity contribution >= 4 is 5.65 Å². The molecule has 2 aromatic carbocycles. The second-order valence-electron chi connectivity index (χ2n) is 7.08. The number of nitrogens with zero attached hydrogens (tertiary/aromatic N) is 2. The zero-order chi connectivity index (χ0) is 19.5. The minimum atomic E-state index is -0.0495. The van der Waals surface area contributed by atoms with Crippen molar-refractivity contribution in [1.82, 2.24) is 14.7 Å². The molecule has 0 amide bonds. The average molecular weight is 369 g/mol. The van der Waals surface area contributed by atoms with Crippen LogP contribution in [0, 0.1) is 13.8 Å². The van der Waals surface area contributed by atoms with Crippen LogP contribution in [0.5, 0.6) is 0 Å². The molecule has 4 nitrogen and oxygen atoms in total. The fraction of sp³-hybridized carbons (Fsp3) is 0.167. The summed E-state index contributed by atoms with van der Waals surface area (Å²) in [7, 11) is 0. The smallest absolute Gasteiger partial charge is 0.258 e. The molecule has 0 saturated heterocycles. The van der Waals surface area contributed by atoms with Crippen LogP contribution in [0.15, 0.2) is 83.7 Å². The highest BCUT2D eigenvalue weighted by Crippen LogP contribution is 2.22. The number of pyridine rings is 1. The van der Waals surface area contributed by atoms with E-state index in [0.717, 1.165) is 11.4 Å². The van der Waals surface area contributed by atoms with Crippen molar-refractivity contribution in [3.05, 3.63) is 117 Å². The van der Waals surface area contributed by atoms with Gasteiger partial charge in [-0.3, -0.25) is 9.20 Å². The van der Waals surface area contributed by atoms with Crippen molar-refractivity contribution in [3.8, 4) is 0 Å². The Morgan fingerprint density at radius 1 is 0.893 bits per heavy atom. The van der Waals surface area contributed by atoms with Crippen molar-refractivity contribution in [3.63, 3.8) is 0 Å². The minimum Gasteiger partial charge on any atom is -0.301 e. The van der Waals surface area contributed by atoms with Gasteiger partial charge in [0.25, 0.3) is 5.56 Å². The van der Waals surface area contributed by atoms with E-state index in [1.54, 1.807) is 10.5 Å². The maximum Gasteiger partial charge on any atom is 0.258 e. The van der Waals surface area contributed by atoms with E-state index in [1.807, 2.05) is 43.3 Å². The highest BCUT2D eigenvalue weighted by atomic mass is 16.1. The van der Waals surface area contributed by atoms with Crippen molar-refractivity contribution in [2.75, 3.05) is 0 Å². The van der Waals surface area contributed by atoms with Crippen LogP contribution < -0.4 is 10.9 Å². The first-order valence-electron chi connectivity index (χ1n) is 9.45. The van der Waals surface area contributed by atoms with Gasteiger partial charge in [0.05, 0.1) is 11.7 Å². The number of hydrogen-bond donors (Lipinski definition) is 1. The van der Waals surface area contributed by atoms with Crippen LogP contribution in [-0.4, -0.2) is 9.38 Å². The molecule has 0 radical (unpaired) electrons. The van der Waals surface area contributed by atoms with E-state index in [0.29, 0.717) is 12.2 Å². The lowest BCUT2D eigenvalue weighted by Gasteiger charge is -2.20. The third kappa shape index (κ3) is 3.73. The third-order valence-electron chi connectivity index (χ3n) is 4.96. The van der Waals surface area contributed by atoms with Crippen LogP contribution in [-0.2, 0) is 6.54 Å². The molecular formula is C24H23N3O. The van der Waals surface area contributed by atoms with Crippen molar-refractivity contribution in [1.29, 1.82) is 0 Å². The van der Waals surface area contributed by atoms with Crippen molar-refractivity contribution in [2.45, 2.75) is 26.4 Å². The molecule has 0 aliphatic heterocycles. The molecule has 1 N–H and O–H groups in total. The maximum absolute atomic E-state index is 12.5. The predicted molar refractivity (Wildman–Crippen MR) is 113 cm³/mol. The lowest BCUT2D eigenvalue weighted by Crippen LogP contribution is -2.25. The summed E-state index contributed by atoms with van der Waals surface area (Å²) in [6.07, 6.45) is 0. The Kier molecular flexibility index (Phi) is 5.04. The summed E-state index contributed by atoms with van der Waals surface area (Å²) in [5, 5.41) is 3.58. The molecule has 140 valence electrons. The molecular weight excluding hydrogens is 346 g/mol. The fourth-order valence-electron chi connectivity index (χ4n) is 3.49. The highest BCUT2D eigenvalue weighted by Gasteiger charge is 2.14. The van der Waals surface area contributed by atoms with E-state index in [-0.39, 0.29) is 11.6 Å². The zero-order valence-electron chi connectivity index (χ0n) is 16.1. The molecule has 0 fully saturated rings. The number of rotatable bonds is 5. The Bertz CT molecular complexity index is 1150. The van der Waals surface area contributed by atoms with Gasteiger partial charge in [-0.05, 0) is 37.1 Å². The monoisotopic (exact) mass is 369 g/mol. The molecule has 0 spiro atoms. The largest absolute Gasteiger partial charge is 0.301 e. The van der Waals surface area contributed by atoms with Crippen LogP contribution in [0.2, 0.25) is 0 Å². The molecule has 0 aliphatic carbocycles. The molecule has 28 heavy (non-hydrogen) atoms. The van der Waals surface area contributed by atoms with Gasteiger partial charge in [-0.15, -0.1) is 0 Å². The first-order valence-corrected chi connectivity index (χ1v) is 9.45. The number of aromatic nitrogens is 2. The van der Waals surface area contributed by atoms with Gasteiger partial charge in [0.15, 0.2) is 0 Å². The van der Waals surface area contributed by atoms with E-state index in [2.05, 4.69) is 53.6 Å². The van der Waals surface area contributed by atoms with Gasteiger partial charge in [0.2, 0.25) is 0 Å². The minimum absolute atomic E-state index is 0.0274.